The molecule has 1 aromatic heterocycles. The monoisotopic (exact) mass is 230 g/mol. The number of nitrogens with one attached hydrogen (secondary N) is 2. The molecule has 0 radical (unpaired) electrons. The number of carbonyl (C=O) groups excluding carboxylic acids is 2. The van der Waals surface area contributed by atoms with Gasteiger partial charge in [-0.05, 0) is 18.2 Å². The van der Waals surface area contributed by atoms with Gasteiger partial charge in [-0.1, -0.05) is 18.2 Å². The van der Waals surface area contributed by atoms with Crippen LogP contribution in [0, 0.1) is 0 Å². The second kappa shape index (κ2) is 4.93. The zero-order chi connectivity index (χ0) is 12.1. The maximum absolute atomic E-state index is 11.6. The minimum absolute atomic E-state index is 0.383. The highest BCUT2D eigenvalue weighted by Crippen LogP contribution is 1.96. The highest BCUT2D eigenvalue weighted by Gasteiger charge is 2.07. The molecule has 2 N–H and O–H groups in total. The van der Waals surface area contributed by atoms with E-state index in [2.05, 4.69) is 16.0 Å². The molecule has 6 heteroatoms. The molecule has 0 bridgehead atoms. The summed E-state index contributed by atoms with van der Waals surface area (Å²) in [6.07, 6.45) is 2.95. The summed E-state index contributed by atoms with van der Waals surface area (Å²) in [4.78, 5) is 23.0. The van der Waals surface area contributed by atoms with Crippen LogP contribution in [0.4, 0.5) is 4.79 Å². The first-order chi connectivity index (χ1) is 8.27. The second-order valence-corrected chi connectivity index (χ2v) is 3.20. The van der Waals surface area contributed by atoms with Crippen LogP contribution in [0.2, 0.25) is 0 Å². The van der Waals surface area contributed by atoms with Crippen molar-refractivity contribution in [3.8, 4) is 0 Å². The number of aromatic nitrogens is 2. The molecule has 1 heterocycles. The van der Waals surface area contributed by atoms with E-state index in [0.29, 0.717) is 5.56 Å². The topological polar surface area (TPSA) is 76.0 Å². The first-order valence-electron chi connectivity index (χ1n) is 4.93. The quantitative estimate of drug-likeness (QED) is 0.711. The van der Waals surface area contributed by atoms with Crippen LogP contribution < -0.4 is 10.9 Å². The van der Waals surface area contributed by atoms with Gasteiger partial charge in [0.1, 0.15) is 0 Å². The number of nitrogens with zero attached hydrogens (tertiary/aromatic N) is 2. The van der Waals surface area contributed by atoms with Crippen molar-refractivity contribution in [2.75, 3.05) is 0 Å². The molecule has 6 nitrogen and oxygen atoms in total. The van der Waals surface area contributed by atoms with E-state index < -0.39 is 6.03 Å². The third-order valence-electron chi connectivity index (χ3n) is 2.03. The van der Waals surface area contributed by atoms with E-state index in [0.717, 1.165) is 4.68 Å². The SMILES string of the molecule is O=C(NNC(=O)n1cccn1)c1ccccc1. The highest BCUT2D eigenvalue weighted by molar-refractivity contribution is 5.95. The Morgan fingerprint density at radius 3 is 2.47 bits per heavy atom. The van der Waals surface area contributed by atoms with Gasteiger partial charge in [0.2, 0.25) is 0 Å². The smallest absolute Gasteiger partial charge is 0.267 e. The van der Waals surface area contributed by atoms with Crippen LogP contribution in [-0.2, 0) is 0 Å². The van der Waals surface area contributed by atoms with Crippen LogP contribution in [0.15, 0.2) is 48.8 Å². The minimum atomic E-state index is -0.528. The first-order valence-corrected chi connectivity index (χ1v) is 4.93. The molecule has 0 aliphatic rings. The number of carbonyl (C=O) groups is 2. The maximum Gasteiger partial charge on any atom is 0.360 e. The lowest BCUT2D eigenvalue weighted by atomic mass is 10.2. The fourth-order valence-corrected chi connectivity index (χ4v) is 1.22. The van der Waals surface area contributed by atoms with E-state index in [4.69, 9.17) is 0 Å². The molecule has 0 aliphatic heterocycles. The molecule has 2 aromatic rings. The summed E-state index contributed by atoms with van der Waals surface area (Å²) >= 11 is 0. The fraction of sp³-hybridized carbons (Fsp3) is 0. The first kappa shape index (κ1) is 10.9. The Bertz CT molecular complexity index is 508. The Morgan fingerprint density at radius 1 is 1.06 bits per heavy atom. The van der Waals surface area contributed by atoms with Crippen LogP contribution in [0.3, 0.4) is 0 Å². The summed E-state index contributed by atoms with van der Waals surface area (Å²) in [7, 11) is 0. The summed E-state index contributed by atoms with van der Waals surface area (Å²) in [5.41, 5.74) is 5.00. The van der Waals surface area contributed by atoms with Crippen molar-refractivity contribution in [3.05, 3.63) is 54.4 Å². The van der Waals surface area contributed by atoms with E-state index in [1.54, 1.807) is 36.4 Å². The molecule has 86 valence electrons. The molecule has 0 aliphatic carbocycles. The predicted octanol–water partition coefficient (Wildman–Crippen LogP) is 0.786. The van der Waals surface area contributed by atoms with Crippen molar-refractivity contribution in [2.45, 2.75) is 0 Å². The van der Waals surface area contributed by atoms with E-state index in [9.17, 15) is 9.59 Å². The van der Waals surface area contributed by atoms with Gasteiger partial charge in [0.25, 0.3) is 5.91 Å². The van der Waals surface area contributed by atoms with Crippen LogP contribution in [0.1, 0.15) is 10.4 Å². The zero-order valence-corrected chi connectivity index (χ0v) is 8.83. The number of hydrogen-bond donors (Lipinski definition) is 2. The lowest BCUT2D eigenvalue weighted by molar-refractivity contribution is 0.0936. The van der Waals surface area contributed by atoms with Crippen LogP contribution in [0.25, 0.3) is 0 Å². The number of hydrogen-bond acceptors (Lipinski definition) is 3. The van der Waals surface area contributed by atoms with Gasteiger partial charge < -0.3 is 0 Å². The molecule has 0 saturated carbocycles. The molecule has 0 fully saturated rings. The van der Waals surface area contributed by atoms with Gasteiger partial charge in [0.15, 0.2) is 0 Å². The lowest BCUT2D eigenvalue weighted by Gasteiger charge is -2.06. The van der Waals surface area contributed by atoms with Crippen molar-refractivity contribution >= 4 is 11.9 Å². The Morgan fingerprint density at radius 2 is 1.82 bits per heavy atom. The normalized spacial score (nSPS) is 9.65. The predicted molar refractivity (Wildman–Crippen MR) is 60.1 cm³/mol. The Kier molecular flexibility index (Phi) is 3.15. The maximum atomic E-state index is 11.6. The number of hydrazine groups is 1. The molecule has 0 saturated heterocycles. The minimum Gasteiger partial charge on any atom is -0.267 e. The largest absolute Gasteiger partial charge is 0.360 e. The van der Waals surface area contributed by atoms with Gasteiger partial charge in [-0.3, -0.25) is 10.2 Å². The molecular weight excluding hydrogens is 220 g/mol. The molecule has 0 spiro atoms. The highest BCUT2D eigenvalue weighted by atomic mass is 16.2. The summed E-state index contributed by atoms with van der Waals surface area (Å²) in [6.45, 7) is 0. The third kappa shape index (κ3) is 2.69. The van der Waals surface area contributed by atoms with Crippen molar-refractivity contribution in [1.29, 1.82) is 0 Å². The zero-order valence-electron chi connectivity index (χ0n) is 8.83. The fourth-order valence-electron chi connectivity index (χ4n) is 1.22. The third-order valence-corrected chi connectivity index (χ3v) is 2.03. The molecular formula is C11H10N4O2. The number of benzene rings is 1. The Balaban J connectivity index is 1.91. The summed E-state index contributed by atoms with van der Waals surface area (Å²) in [6, 6.07) is 9.66. The standard InChI is InChI=1S/C11H10N4O2/c16-10(9-5-2-1-3-6-9)13-14-11(17)15-8-4-7-12-15/h1-8H,(H,13,16)(H,14,17). The van der Waals surface area contributed by atoms with Crippen LogP contribution in [-0.4, -0.2) is 21.7 Å². The van der Waals surface area contributed by atoms with Gasteiger partial charge >= 0.3 is 6.03 Å². The lowest BCUT2D eigenvalue weighted by Crippen LogP contribution is -2.43. The molecule has 0 atom stereocenters. The van der Waals surface area contributed by atoms with Gasteiger partial charge in [-0.25, -0.2) is 10.2 Å². The van der Waals surface area contributed by atoms with E-state index in [-0.39, 0.29) is 5.91 Å². The van der Waals surface area contributed by atoms with E-state index >= 15 is 0 Å². The molecule has 0 unspecified atom stereocenters. The average molecular weight is 230 g/mol. The Labute approximate surface area is 97.2 Å². The molecule has 1 aromatic carbocycles. The summed E-state index contributed by atoms with van der Waals surface area (Å²) in [5.74, 6) is -0.383. The van der Waals surface area contributed by atoms with Gasteiger partial charge in [-0.15, -0.1) is 0 Å². The van der Waals surface area contributed by atoms with Crippen molar-refractivity contribution in [2.24, 2.45) is 0 Å². The molecule has 2 amide bonds. The van der Waals surface area contributed by atoms with Crippen LogP contribution >= 0.6 is 0 Å². The molecule has 17 heavy (non-hydrogen) atoms. The Hall–Kier alpha value is -2.63. The van der Waals surface area contributed by atoms with Gasteiger partial charge in [0, 0.05) is 18.0 Å². The number of amides is 2. The molecule has 2 rings (SSSR count). The van der Waals surface area contributed by atoms with Crippen LogP contribution in [0.5, 0.6) is 0 Å². The van der Waals surface area contributed by atoms with Gasteiger partial charge in [-0.2, -0.15) is 9.78 Å². The van der Waals surface area contributed by atoms with E-state index in [1.807, 2.05) is 0 Å². The van der Waals surface area contributed by atoms with Crippen molar-refractivity contribution in [3.63, 3.8) is 0 Å². The summed E-state index contributed by atoms with van der Waals surface area (Å²) in [5, 5.41) is 3.72. The van der Waals surface area contributed by atoms with Gasteiger partial charge in [0.05, 0.1) is 0 Å². The summed E-state index contributed by atoms with van der Waals surface area (Å²) < 4.78 is 1.07. The van der Waals surface area contributed by atoms with Crippen molar-refractivity contribution in [1.82, 2.24) is 20.6 Å². The van der Waals surface area contributed by atoms with Crippen molar-refractivity contribution < 1.29 is 9.59 Å². The number of rotatable bonds is 1. The average Bonchev–Trinajstić information content (AvgIpc) is 2.90. The van der Waals surface area contributed by atoms with E-state index in [1.165, 1.54) is 12.4 Å². The second-order valence-electron chi connectivity index (χ2n) is 3.20.